The lowest BCUT2D eigenvalue weighted by Gasteiger charge is -2.48. The van der Waals surface area contributed by atoms with Gasteiger partial charge in [-0.15, -0.1) is 0 Å². The molecule has 3 nitrogen and oxygen atoms in total. The Balaban J connectivity index is 1.32. The SMILES string of the molecule is CCCCC(C)c1cc2[n+](cc1-c1ccccc1)C(C)(CC)C(CC)(Cc1c[n+]3ccc(C)cc3c3c1ccc1c4ccccc4oc13)c1ccccc1-2. The third-order valence-electron chi connectivity index (χ3n) is 13.4. The van der Waals surface area contributed by atoms with E-state index in [1.165, 1.54) is 91.0 Å². The van der Waals surface area contributed by atoms with Crippen molar-refractivity contribution in [2.75, 3.05) is 0 Å². The number of hydrogen-bond acceptors (Lipinski definition) is 1. The topological polar surface area (TPSA) is 21.1 Å². The van der Waals surface area contributed by atoms with E-state index in [0.29, 0.717) is 5.92 Å². The van der Waals surface area contributed by atoms with E-state index >= 15 is 0 Å². The van der Waals surface area contributed by atoms with Crippen molar-refractivity contribution in [1.29, 1.82) is 0 Å². The molecule has 0 N–H and O–H groups in total. The van der Waals surface area contributed by atoms with Crippen LogP contribution in [0, 0.1) is 6.92 Å². The molecule has 0 bridgehead atoms. The van der Waals surface area contributed by atoms with Crippen LogP contribution in [0.4, 0.5) is 0 Å². The minimum absolute atomic E-state index is 0.200. The first-order chi connectivity index (χ1) is 26.3. The number of fused-ring (bicyclic) bond motifs is 10. The van der Waals surface area contributed by atoms with E-state index in [1.54, 1.807) is 0 Å². The second-order valence-corrected chi connectivity index (χ2v) is 16.2. The van der Waals surface area contributed by atoms with E-state index in [-0.39, 0.29) is 11.0 Å². The smallest absolute Gasteiger partial charge is 0.222 e. The van der Waals surface area contributed by atoms with Gasteiger partial charge in [0.15, 0.2) is 24.1 Å². The van der Waals surface area contributed by atoms with Gasteiger partial charge >= 0.3 is 0 Å². The van der Waals surface area contributed by atoms with Gasteiger partial charge in [-0.25, -0.2) is 0 Å². The van der Waals surface area contributed by atoms with Crippen molar-refractivity contribution in [2.45, 2.75) is 96.9 Å². The highest BCUT2D eigenvalue weighted by atomic mass is 16.3. The molecule has 0 fully saturated rings. The van der Waals surface area contributed by atoms with Gasteiger partial charge in [0.1, 0.15) is 11.2 Å². The molecule has 4 aromatic carbocycles. The molecular weight excluding hydrogens is 657 g/mol. The second-order valence-electron chi connectivity index (χ2n) is 16.2. The Labute approximate surface area is 319 Å². The van der Waals surface area contributed by atoms with Gasteiger partial charge in [0.2, 0.25) is 11.2 Å². The molecule has 270 valence electrons. The van der Waals surface area contributed by atoms with Crippen LogP contribution in [0.3, 0.4) is 0 Å². The van der Waals surface area contributed by atoms with E-state index in [0.717, 1.165) is 30.4 Å². The summed E-state index contributed by atoms with van der Waals surface area (Å²) in [5.74, 6) is 0.462. The number of nitrogens with zero attached hydrogens (tertiary/aromatic N) is 2. The Morgan fingerprint density at radius 1 is 0.741 bits per heavy atom. The van der Waals surface area contributed by atoms with Crippen molar-refractivity contribution in [1.82, 2.24) is 0 Å². The third kappa shape index (κ3) is 5.08. The number of aryl methyl sites for hydroxylation is 1. The Morgan fingerprint density at radius 3 is 2.30 bits per heavy atom. The van der Waals surface area contributed by atoms with Crippen molar-refractivity contribution in [3.63, 3.8) is 0 Å². The fourth-order valence-electron chi connectivity index (χ4n) is 10.2. The summed E-state index contributed by atoms with van der Waals surface area (Å²) in [5.41, 5.74) is 13.6. The van der Waals surface area contributed by atoms with Crippen molar-refractivity contribution < 1.29 is 13.4 Å². The fraction of sp³-hybridized carbons (Fsp3) is 0.294. The zero-order valence-corrected chi connectivity index (χ0v) is 32.7. The first kappa shape index (κ1) is 34.5. The monoisotopic (exact) mass is 708 g/mol. The summed E-state index contributed by atoms with van der Waals surface area (Å²) in [6.45, 7) is 14.3. The van der Waals surface area contributed by atoms with E-state index in [4.69, 9.17) is 4.42 Å². The first-order valence-corrected chi connectivity index (χ1v) is 20.2. The van der Waals surface area contributed by atoms with E-state index in [1.807, 2.05) is 0 Å². The molecule has 3 unspecified atom stereocenters. The number of benzene rings is 4. The van der Waals surface area contributed by atoms with Gasteiger partial charge in [-0.2, -0.15) is 8.97 Å². The molecule has 54 heavy (non-hydrogen) atoms. The van der Waals surface area contributed by atoms with E-state index in [2.05, 4.69) is 178 Å². The maximum absolute atomic E-state index is 6.77. The summed E-state index contributed by atoms with van der Waals surface area (Å²) in [6.07, 6.45) is 13.7. The average molecular weight is 709 g/mol. The maximum Gasteiger partial charge on any atom is 0.222 e. The summed E-state index contributed by atoms with van der Waals surface area (Å²) in [7, 11) is 0. The van der Waals surface area contributed by atoms with E-state index in [9.17, 15) is 0 Å². The molecular formula is C51H52N2O+2. The molecule has 0 radical (unpaired) electrons. The molecule has 0 saturated heterocycles. The number of pyridine rings is 3. The molecule has 8 aromatic rings. The quantitative estimate of drug-likeness (QED) is 0.108. The standard InChI is InChI=1S/C51H52N2O/c1-7-10-18-35(5)42-30-45-41-22-14-16-23-44(41)51(9-3,50(6,8-2)53(45)33-43(42)36-19-12-11-13-20-36)31-37-32-52-28-27-34(4)29-46(52)48-38(37)25-26-40-39-21-15-17-24-47(39)54-49(40)48/h11-17,19-30,32-33,35H,7-10,18,31H2,1-6H3/q+2. The van der Waals surface area contributed by atoms with Crippen LogP contribution in [0.15, 0.2) is 132 Å². The molecule has 0 spiro atoms. The zero-order chi connectivity index (χ0) is 37.2. The molecule has 0 amide bonds. The van der Waals surface area contributed by atoms with Crippen LogP contribution in [0.2, 0.25) is 0 Å². The molecule has 0 aliphatic carbocycles. The number of aromatic nitrogens is 2. The maximum atomic E-state index is 6.77. The van der Waals surface area contributed by atoms with Crippen molar-refractivity contribution in [2.24, 2.45) is 0 Å². The molecule has 0 saturated carbocycles. The van der Waals surface area contributed by atoms with Gasteiger partial charge in [0.25, 0.3) is 0 Å². The van der Waals surface area contributed by atoms with Crippen LogP contribution in [0.5, 0.6) is 0 Å². The van der Waals surface area contributed by atoms with Crippen LogP contribution >= 0.6 is 0 Å². The number of para-hydroxylation sites is 1. The summed E-state index contributed by atoms with van der Waals surface area (Å²) < 4.78 is 11.8. The Hall–Kier alpha value is -5.28. The van der Waals surface area contributed by atoms with Crippen LogP contribution in [0.1, 0.15) is 94.9 Å². The predicted molar refractivity (Wildman–Crippen MR) is 224 cm³/mol. The summed E-state index contributed by atoms with van der Waals surface area (Å²) >= 11 is 0. The van der Waals surface area contributed by atoms with Gasteiger partial charge in [-0.05, 0) is 72.6 Å². The minimum atomic E-state index is -0.219. The average Bonchev–Trinajstić information content (AvgIpc) is 3.60. The minimum Gasteiger partial charge on any atom is -0.455 e. The molecule has 5 heterocycles. The van der Waals surface area contributed by atoms with Crippen LogP contribution in [0.25, 0.3) is 60.6 Å². The van der Waals surface area contributed by atoms with Crippen LogP contribution in [-0.4, -0.2) is 0 Å². The first-order valence-electron chi connectivity index (χ1n) is 20.2. The molecule has 3 atom stereocenters. The fourth-order valence-corrected chi connectivity index (χ4v) is 10.2. The molecule has 3 heteroatoms. The second kappa shape index (κ2) is 13.2. The van der Waals surface area contributed by atoms with E-state index < -0.39 is 0 Å². The van der Waals surface area contributed by atoms with Crippen LogP contribution in [-0.2, 0) is 17.4 Å². The molecule has 1 aliphatic heterocycles. The highest BCUT2D eigenvalue weighted by molar-refractivity contribution is 6.19. The normalized spacial score (nSPS) is 18.7. The Bertz CT molecular complexity index is 2710. The lowest BCUT2D eigenvalue weighted by atomic mass is 9.57. The third-order valence-corrected chi connectivity index (χ3v) is 13.4. The lowest BCUT2D eigenvalue weighted by Crippen LogP contribution is -2.69. The molecule has 1 aliphatic rings. The number of furan rings is 1. The molecule has 4 aromatic heterocycles. The van der Waals surface area contributed by atoms with Crippen LogP contribution < -0.4 is 8.97 Å². The van der Waals surface area contributed by atoms with Gasteiger partial charge in [0.05, 0.1) is 16.4 Å². The summed E-state index contributed by atoms with van der Waals surface area (Å²) in [4.78, 5) is 0. The Kier molecular flexibility index (Phi) is 8.45. The van der Waals surface area contributed by atoms with Crippen molar-refractivity contribution >= 4 is 38.2 Å². The number of unbranched alkanes of at least 4 members (excludes halogenated alkanes) is 1. The lowest BCUT2D eigenvalue weighted by molar-refractivity contribution is -0.765. The van der Waals surface area contributed by atoms with Gasteiger partial charge < -0.3 is 4.42 Å². The largest absolute Gasteiger partial charge is 0.455 e. The predicted octanol–water partition coefficient (Wildman–Crippen LogP) is 12.7. The number of rotatable bonds is 9. The number of hydrogen-bond donors (Lipinski definition) is 0. The Morgan fingerprint density at radius 2 is 1.50 bits per heavy atom. The van der Waals surface area contributed by atoms with Gasteiger partial charge in [0, 0.05) is 58.8 Å². The summed E-state index contributed by atoms with van der Waals surface area (Å²) in [5, 5.41) is 4.81. The highest BCUT2D eigenvalue weighted by Crippen LogP contribution is 2.53. The summed E-state index contributed by atoms with van der Waals surface area (Å²) in [6, 6.07) is 40.7. The van der Waals surface area contributed by atoms with Gasteiger partial charge in [-0.1, -0.05) is 113 Å². The van der Waals surface area contributed by atoms with Crippen molar-refractivity contribution in [3.8, 4) is 22.4 Å². The van der Waals surface area contributed by atoms with Gasteiger partial charge in [-0.3, -0.25) is 0 Å². The zero-order valence-electron chi connectivity index (χ0n) is 32.7. The highest BCUT2D eigenvalue weighted by Gasteiger charge is 2.59. The molecule has 9 rings (SSSR count). The van der Waals surface area contributed by atoms with Crippen molar-refractivity contribution in [3.05, 3.63) is 150 Å².